The van der Waals surface area contributed by atoms with E-state index in [-0.39, 0.29) is 25.9 Å². The molecule has 0 saturated carbocycles. The summed E-state index contributed by atoms with van der Waals surface area (Å²) < 4.78 is 21.5. The number of rotatable bonds is 6. The average molecular weight is 366 g/mol. The van der Waals surface area contributed by atoms with E-state index in [4.69, 9.17) is 18.7 Å². The zero-order valence-corrected chi connectivity index (χ0v) is 14.8. The maximum Gasteiger partial charge on any atom is 0.252 e. The van der Waals surface area contributed by atoms with E-state index in [0.29, 0.717) is 23.0 Å². The summed E-state index contributed by atoms with van der Waals surface area (Å²) >= 11 is 0. The van der Waals surface area contributed by atoms with Crippen molar-refractivity contribution in [3.05, 3.63) is 60.3 Å². The van der Waals surface area contributed by atoms with Gasteiger partial charge in [-0.1, -0.05) is 23.4 Å². The van der Waals surface area contributed by atoms with E-state index < -0.39 is 0 Å². The van der Waals surface area contributed by atoms with Crippen molar-refractivity contribution in [2.75, 3.05) is 25.3 Å². The fraction of sp³-hybridized carbons (Fsp3) is 0.200. The van der Waals surface area contributed by atoms with Crippen LogP contribution in [-0.2, 0) is 16.1 Å². The van der Waals surface area contributed by atoms with Crippen molar-refractivity contribution in [1.82, 2.24) is 5.16 Å². The lowest BCUT2D eigenvalue weighted by Gasteiger charge is -2.16. The van der Waals surface area contributed by atoms with Crippen LogP contribution in [0.25, 0.3) is 11.3 Å². The molecule has 2 heterocycles. The number of amides is 1. The lowest BCUT2D eigenvalue weighted by atomic mass is 10.1. The number of aromatic nitrogens is 1. The summed E-state index contributed by atoms with van der Waals surface area (Å²) in [4.78, 5) is 13.8. The molecule has 4 rings (SSSR count). The standard InChI is InChI=1S/C20H18N2O5/c1-22(16-5-3-2-4-6-16)20(23)12-24-11-15-10-18(27-21-15)14-7-8-17-19(9-14)26-13-25-17/h2-10H,11-13H2,1H3. The van der Waals surface area contributed by atoms with E-state index in [2.05, 4.69) is 5.16 Å². The predicted molar refractivity (Wildman–Crippen MR) is 97.6 cm³/mol. The van der Waals surface area contributed by atoms with Crippen LogP contribution in [-0.4, -0.2) is 31.5 Å². The van der Waals surface area contributed by atoms with Crippen LogP contribution >= 0.6 is 0 Å². The number of benzene rings is 2. The van der Waals surface area contributed by atoms with Gasteiger partial charge in [0.05, 0.1) is 6.61 Å². The highest BCUT2D eigenvalue weighted by Gasteiger charge is 2.16. The van der Waals surface area contributed by atoms with Gasteiger partial charge in [0, 0.05) is 24.4 Å². The highest BCUT2D eigenvalue weighted by molar-refractivity contribution is 5.93. The van der Waals surface area contributed by atoms with Crippen LogP contribution < -0.4 is 14.4 Å². The molecule has 0 aliphatic carbocycles. The summed E-state index contributed by atoms with van der Waals surface area (Å²) in [7, 11) is 1.72. The summed E-state index contributed by atoms with van der Waals surface area (Å²) in [5.74, 6) is 1.85. The van der Waals surface area contributed by atoms with Crippen molar-refractivity contribution in [3.63, 3.8) is 0 Å². The smallest absolute Gasteiger partial charge is 0.252 e. The van der Waals surface area contributed by atoms with E-state index in [1.807, 2.05) is 48.5 Å². The van der Waals surface area contributed by atoms with Crippen molar-refractivity contribution < 1.29 is 23.5 Å². The maximum absolute atomic E-state index is 12.2. The van der Waals surface area contributed by atoms with Crippen LogP contribution in [0, 0.1) is 0 Å². The zero-order valence-electron chi connectivity index (χ0n) is 14.8. The molecule has 0 radical (unpaired) electrons. The first-order chi connectivity index (χ1) is 13.2. The second-order valence-electron chi connectivity index (χ2n) is 6.03. The van der Waals surface area contributed by atoms with Gasteiger partial charge in [0.25, 0.3) is 5.91 Å². The molecule has 1 aliphatic heterocycles. The number of fused-ring (bicyclic) bond motifs is 1. The normalized spacial score (nSPS) is 12.2. The van der Waals surface area contributed by atoms with Gasteiger partial charge in [0.2, 0.25) is 6.79 Å². The van der Waals surface area contributed by atoms with E-state index >= 15 is 0 Å². The summed E-state index contributed by atoms with van der Waals surface area (Å²) in [6.07, 6.45) is 0. The molecule has 1 amide bonds. The largest absolute Gasteiger partial charge is 0.454 e. The molecule has 0 unspecified atom stereocenters. The molecule has 0 fully saturated rings. The molecule has 27 heavy (non-hydrogen) atoms. The van der Waals surface area contributed by atoms with Crippen molar-refractivity contribution in [2.24, 2.45) is 0 Å². The highest BCUT2D eigenvalue weighted by atomic mass is 16.7. The molecule has 7 heteroatoms. The molecule has 3 aromatic rings. The van der Waals surface area contributed by atoms with Crippen LogP contribution in [0.15, 0.2) is 59.1 Å². The third kappa shape index (κ3) is 3.78. The Bertz CT molecular complexity index is 939. The van der Waals surface area contributed by atoms with Gasteiger partial charge in [-0.2, -0.15) is 0 Å². The molecule has 1 aromatic heterocycles. The lowest BCUT2D eigenvalue weighted by Crippen LogP contribution is -2.30. The first-order valence-corrected chi connectivity index (χ1v) is 8.45. The molecule has 0 bridgehead atoms. The Morgan fingerprint density at radius 2 is 1.93 bits per heavy atom. The minimum Gasteiger partial charge on any atom is -0.454 e. The predicted octanol–water partition coefficient (Wildman–Crippen LogP) is 3.25. The number of likely N-dealkylation sites (N-methyl/N-ethyl adjacent to an activating group) is 1. The van der Waals surface area contributed by atoms with E-state index in [1.165, 1.54) is 0 Å². The minimum absolute atomic E-state index is 0.0440. The lowest BCUT2D eigenvalue weighted by molar-refractivity contribution is -0.123. The van der Waals surface area contributed by atoms with E-state index in [1.54, 1.807) is 18.0 Å². The molecule has 0 spiro atoms. The number of hydrogen-bond donors (Lipinski definition) is 0. The van der Waals surface area contributed by atoms with Crippen molar-refractivity contribution in [2.45, 2.75) is 6.61 Å². The maximum atomic E-state index is 12.2. The van der Waals surface area contributed by atoms with Gasteiger partial charge in [0.1, 0.15) is 12.3 Å². The molecule has 2 aromatic carbocycles. The number of ether oxygens (including phenoxy) is 3. The van der Waals surface area contributed by atoms with Crippen molar-refractivity contribution in [1.29, 1.82) is 0 Å². The van der Waals surface area contributed by atoms with Crippen molar-refractivity contribution >= 4 is 11.6 Å². The van der Waals surface area contributed by atoms with Gasteiger partial charge in [-0.3, -0.25) is 4.79 Å². The monoisotopic (exact) mass is 366 g/mol. The number of anilines is 1. The second-order valence-corrected chi connectivity index (χ2v) is 6.03. The number of carbonyl (C=O) groups excluding carboxylic acids is 1. The van der Waals surface area contributed by atoms with Gasteiger partial charge >= 0.3 is 0 Å². The summed E-state index contributed by atoms with van der Waals surface area (Å²) in [5.41, 5.74) is 2.26. The van der Waals surface area contributed by atoms with Gasteiger partial charge < -0.3 is 23.6 Å². The van der Waals surface area contributed by atoms with Crippen LogP contribution in [0.1, 0.15) is 5.69 Å². The highest BCUT2D eigenvalue weighted by Crippen LogP contribution is 2.36. The Morgan fingerprint density at radius 3 is 2.78 bits per heavy atom. The third-order valence-corrected chi connectivity index (χ3v) is 4.21. The van der Waals surface area contributed by atoms with Gasteiger partial charge in [-0.05, 0) is 30.3 Å². The molecule has 7 nitrogen and oxygen atoms in total. The van der Waals surface area contributed by atoms with Crippen LogP contribution in [0.2, 0.25) is 0 Å². The fourth-order valence-corrected chi connectivity index (χ4v) is 2.70. The number of nitrogens with zero attached hydrogens (tertiary/aromatic N) is 2. The number of carbonyl (C=O) groups is 1. The van der Waals surface area contributed by atoms with Gasteiger partial charge in [-0.15, -0.1) is 0 Å². The summed E-state index contributed by atoms with van der Waals surface area (Å²) in [6.45, 7) is 0.361. The zero-order chi connectivity index (χ0) is 18.6. The molecule has 0 atom stereocenters. The first kappa shape index (κ1) is 17.1. The minimum atomic E-state index is -0.138. The summed E-state index contributed by atoms with van der Waals surface area (Å²) in [5, 5.41) is 3.99. The Balaban J connectivity index is 1.33. The van der Waals surface area contributed by atoms with Gasteiger partial charge in [-0.25, -0.2) is 0 Å². The van der Waals surface area contributed by atoms with Gasteiger partial charge in [0.15, 0.2) is 17.3 Å². The molecule has 1 aliphatic rings. The first-order valence-electron chi connectivity index (χ1n) is 8.45. The Labute approximate surface area is 156 Å². The Morgan fingerprint density at radius 1 is 1.11 bits per heavy atom. The quantitative estimate of drug-likeness (QED) is 0.667. The molecule has 0 saturated heterocycles. The fourth-order valence-electron chi connectivity index (χ4n) is 2.70. The molecular weight excluding hydrogens is 348 g/mol. The average Bonchev–Trinajstić information content (AvgIpc) is 3.36. The SMILES string of the molecule is CN(C(=O)COCc1cc(-c2ccc3c(c2)OCO3)on1)c1ccccc1. The van der Waals surface area contributed by atoms with E-state index in [9.17, 15) is 4.79 Å². The molecular formula is C20H18N2O5. The molecule has 138 valence electrons. The van der Waals surface area contributed by atoms with E-state index in [0.717, 1.165) is 11.3 Å². The number of para-hydroxylation sites is 1. The molecule has 0 N–H and O–H groups in total. The number of hydrogen-bond acceptors (Lipinski definition) is 6. The second kappa shape index (κ2) is 7.51. The third-order valence-electron chi connectivity index (χ3n) is 4.21. The van der Waals surface area contributed by atoms with Crippen LogP contribution in [0.5, 0.6) is 11.5 Å². The van der Waals surface area contributed by atoms with Crippen LogP contribution in [0.4, 0.5) is 5.69 Å². The summed E-state index contributed by atoms with van der Waals surface area (Å²) in [6, 6.07) is 16.7. The van der Waals surface area contributed by atoms with Crippen LogP contribution in [0.3, 0.4) is 0 Å². The van der Waals surface area contributed by atoms with Crippen molar-refractivity contribution in [3.8, 4) is 22.8 Å². The Hall–Kier alpha value is -3.32. The topological polar surface area (TPSA) is 74.0 Å². The Kier molecular flexibility index (Phi) is 4.76.